The van der Waals surface area contributed by atoms with Crippen LogP contribution in [0.25, 0.3) is 0 Å². The van der Waals surface area contributed by atoms with Gasteiger partial charge in [-0.3, -0.25) is 9.59 Å². The average Bonchev–Trinajstić information content (AvgIpc) is 2.53. The van der Waals surface area contributed by atoms with E-state index in [1.54, 1.807) is 38.4 Å². The van der Waals surface area contributed by atoms with Gasteiger partial charge in [-0.15, -0.1) is 12.4 Å². The summed E-state index contributed by atoms with van der Waals surface area (Å²) in [6, 6.07) is 7.28. The molecular formula is C16H24ClN3O2. The summed E-state index contributed by atoms with van der Waals surface area (Å²) in [7, 11) is 5.36. The van der Waals surface area contributed by atoms with Crippen molar-refractivity contribution in [3.8, 4) is 0 Å². The number of rotatable bonds is 3. The minimum atomic E-state index is -0.0535. The van der Waals surface area contributed by atoms with Gasteiger partial charge in [0.15, 0.2) is 0 Å². The number of halogens is 1. The van der Waals surface area contributed by atoms with Crippen LogP contribution in [0.3, 0.4) is 0 Å². The molecular weight excluding hydrogens is 302 g/mol. The van der Waals surface area contributed by atoms with E-state index in [0.717, 1.165) is 25.9 Å². The molecule has 1 N–H and O–H groups in total. The number of amides is 2. The van der Waals surface area contributed by atoms with Crippen molar-refractivity contribution in [2.24, 2.45) is 0 Å². The number of piperidine rings is 1. The molecule has 22 heavy (non-hydrogen) atoms. The Balaban J connectivity index is 0.00000242. The highest BCUT2D eigenvalue weighted by molar-refractivity contribution is 5.97. The third kappa shape index (κ3) is 4.21. The number of carbonyl (C=O) groups excluding carboxylic acids is 2. The largest absolute Gasteiger partial charge is 0.345 e. The highest BCUT2D eigenvalue weighted by atomic mass is 35.5. The van der Waals surface area contributed by atoms with Crippen LogP contribution in [0.4, 0.5) is 0 Å². The first-order valence-electron chi connectivity index (χ1n) is 7.31. The molecule has 0 bridgehead atoms. The van der Waals surface area contributed by atoms with E-state index in [0.29, 0.717) is 17.2 Å². The van der Waals surface area contributed by atoms with Crippen molar-refractivity contribution in [1.82, 2.24) is 15.1 Å². The maximum Gasteiger partial charge on any atom is 0.253 e. The van der Waals surface area contributed by atoms with Crippen molar-refractivity contribution < 1.29 is 9.59 Å². The Morgan fingerprint density at radius 3 is 2.32 bits per heavy atom. The van der Waals surface area contributed by atoms with Gasteiger partial charge in [0.25, 0.3) is 11.8 Å². The zero-order chi connectivity index (χ0) is 15.4. The molecule has 1 aromatic carbocycles. The van der Waals surface area contributed by atoms with Crippen LogP contribution in [0.15, 0.2) is 24.3 Å². The first kappa shape index (κ1) is 18.5. The van der Waals surface area contributed by atoms with Gasteiger partial charge in [0.05, 0.1) is 0 Å². The van der Waals surface area contributed by atoms with Crippen molar-refractivity contribution >= 4 is 24.2 Å². The highest BCUT2D eigenvalue weighted by Crippen LogP contribution is 2.14. The molecule has 1 aliphatic heterocycles. The van der Waals surface area contributed by atoms with E-state index in [1.165, 1.54) is 4.90 Å². The van der Waals surface area contributed by atoms with Gasteiger partial charge in [-0.05, 0) is 44.2 Å². The van der Waals surface area contributed by atoms with Gasteiger partial charge in [-0.25, -0.2) is 0 Å². The van der Waals surface area contributed by atoms with Crippen LogP contribution >= 0.6 is 12.4 Å². The predicted octanol–water partition coefficient (Wildman–Crippen LogP) is 1.63. The van der Waals surface area contributed by atoms with Gasteiger partial charge in [-0.2, -0.15) is 0 Å². The second-order valence-electron chi connectivity index (χ2n) is 5.66. The fourth-order valence-corrected chi connectivity index (χ4v) is 2.59. The van der Waals surface area contributed by atoms with Crippen molar-refractivity contribution in [3.05, 3.63) is 35.4 Å². The van der Waals surface area contributed by atoms with Crippen LogP contribution in [0.2, 0.25) is 0 Å². The molecule has 0 aliphatic carbocycles. The van der Waals surface area contributed by atoms with Crippen LogP contribution in [-0.2, 0) is 0 Å². The molecule has 2 rings (SSSR count). The monoisotopic (exact) mass is 325 g/mol. The number of hydrogen-bond donors (Lipinski definition) is 1. The minimum absolute atomic E-state index is 0. The van der Waals surface area contributed by atoms with Crippen LogP contribution < -0.4 is 5.32 Å². The normalized spacial score (nSPS) is 17.6. The van der Waals surface area contributed by atoms with Gasteiger partial charge >= 0.3 is 0 Å². The van der Waals surface area contributed by atoms with E-state index in [1.807, 2.05) is 11.9 Å². The van der Waals surface area contributed by atoms with Gasteiger partial charge in [-0.1, -0.05) is 0 Å². The Kier molecular flexibility index (Phi) is 6.84. The Labute approximate surface area is 138 Å². The lowest BCUT2D eigenvalue weighted by Crippen LogP contribution is -2.46. The Bertz CT molecular complexity index is 517. The molecule has 0 spiro atoms. The fourth-order valence-electron chi connectivity index (χ4n) is 2.59. The fraction of sp³-hybridized carbons (Fsp3) is 0.500. The predicted molar refractivity (Wildman–Crippen MR) is 89.7 cm³/mol. The standard InChI is InChI=1S/C16H23N3O2.ClH/c1-17-14-5-4-10-19(11-14)16(21)13-8-6-12(7-9-13)15(20)18(2)3;/h6-9,14,17H,4-5,10-11H2,1-3H3;1H. The Morgan fingerprint density at radius 1 is 1.18 bits per heavy atom. The first-order valence-corrected chi connectivity index (χ1v) is 7.31. The number of benzene rings is 1. The Hall–Kier alpha value is -1.59. The maximum atomic E-state index is 12.5. The molecule has 1 saturated heterocycles. The van der Waals surface area contributed by atoms with Crippen molar-refractivity contribution in [3.63, 3.8) is 0 Å². The number of nitrogens with one attached hydrogen (secondary N) is 1. The van der Waals surface area contributed by atoms with Crippen LogP contribution in [0.5, 0.6) is 0 Å². The SMILES string of the molecule is CNC1CCCN(C(=O)c2ccc(C(=O)N(C)C)cc2)C1.Cl. The van der Waals surface area contributed by atoms with Gasteiger partial charge in [0.2, 0.25) is 0 Å². The molecule has 1 atom stereocenters. The molecule has 1 aromatic rings. The van der Waals surface area contributed by atoms with E-state index in [-0.39, 0.29) is 24.2 Å². The smallest absolute Gasteiger partial charge is 0.253 e. The number of likely N-dealkylation sites (tertiary alicyclic amines) is 1. The van der Waals surface area contributed by atoms with E-state index in [9.17, 15) is 9.59 Å². The summed E-state index contributed by atoms with van der Waals surface area (Å²) >= 11 is 0. The zero-order valence-corrected chi connectivity index (χ0v) is 14.2. The molecule has 0 saturated carbocycles. The molecule has 1 fully saturated rings. The summed E-state index contributed by atoms with van der Waals surface area (Å²) in [6.07, 6.45) is 2.13. The lowest BCUT2D eigenvalue weighted by atomic mass is 10.0. The number of hydrogen-bond acceptors (Lipinski definition) is 3. The quantitative estimate of drug-likeness (QED) is 0.919. The average molecular weight is 326 g/mol. The third-order valence-electron chi connectivity index (χ3n) is 3.90. The Morgan fingerprint density at radius 2 is 1.77 bits per heavy atom. The van der Waals surface area contributed by atoms with E-state index >= 15 is 0 Å². The molecule has 1 heterocycles. The van der Waals surface area contributed by atoms with Crippen LogP contribution in [0.1, 0.15) is 33.6 Å². The highest BCUT2D eigenvalue weighted by Gasteiger charge is 2.23. The van der Waals surface area contributed by atoms with Crippen molar-refractivity contribution in [2.45, 2.75) is 18.9 Å². The second-order valence-corrected chi connectivity index (χ2v) is 5.66. The lowest BCUT2D eigenvalue weighted by Gasteiger charge is -2.32. The van der Waals surface area contributed by atoms with E-state index in [2.05, 4.69) is 5.32 Å². The molecule has 0 radical (unpaired) electrons. The number of nitrogens with zero attached hydrogens (tertiary/aromatic N) is 2. The van der Waals surface area contributed by atoms with E-state index in [4.69, 9.17) is 0 Å². The van der Waals surface area contributed by atoms with Gasteiger partial charge < -0.3 is 15.1 Å². The zero-order valence-electron chi connectivity index (χ0n) is 13.3. The van der Waals surface area contributed by atoms with Gasteiger partial charge in [0, 0.05) is 44.4 Å². The minimum Gasteiger partial charge on any atom is -0.345 e. The van der Waals surface area contributed by atoms with Crippen molar-refractivity contribution in [1.29, 1.82) is 0 Å². The summed E-state index contributed by atoms with van der Waals surface area (Å²) in [6.45, 7) is 1.54. The summed E-state index contributed by atoms with van der Waals surface area (Å²) in [4.78, 5) is 27.7. The van der Waals surface area contributed by atoms with Crippen LogP contribution in [0, 0.1) is 0 Å². The van der Waals surface area contributed by atoms with Gasteiger partial charge in [0.1, 0.15) is 0 Å². The van der Waals surface area contributed by atoms with Crippen molar-refractivity contribution in [2.75, 3.05) is 34.2 Å². The van der Waals surface area contributed by atoms with E-state index < -0.39 is 0 Å². The lowest BCUT2D eigenvalue weighted by molar-refractivity contribution is 0.0697. The first-order chi connectivity index (χ1) is 10.0. The molecule has 2 amide bonds. The summed E-state index contributed by atoms with van der Waals surface area (Å²) in [5, 5.41) is 3.23. The topological polar surface area (TPSA) is 52.7 Å². The maximum absolute atomic E-state index is 12.5. The number of likely N-dealkylation sites (N-methyl/N-ethyl adjacent to an activating group) is 1. The van der Waals surface area contributed by atoms with Crippen LogP contribution in [-0.4, -0.2) is 61.9 Å². The second kappa shape index (κ2) is 8.15. The summed E-state index contributed by atoms with van der Waals surface area (Å²) in [5.74, 6) is -0.0129. The molecule has 1 aliphatic rings. The summed E-state index contributed by atoms with van der Waals surface area (Å²) in [5.41, 5.74) is 1.24. The summed E-state index contributed by atoms with van der Waals surface area (Å²) < 4.78 is 0. The third-order valence-corrected chi connectivity index (χ3v) is 3.90. The molecule has 6 heteroatoms. The molecule has 5 nitrogen and oxygen atoms in total. The molecule has 122 valence electrons. The molecule has 1 unspecified atom stereocenters. The molecule has 0 aromatic heterocycles. The number of carbonyl (C=O) groups is 2.